The molecule has 0 aromatic heterocycles. The van der Waals surface area contributed by atoms with Crippen LogP contribution in [0.25, 0.3) is 0 Å². The fourth-order valence-corrected chi connectivity index (χ4v) is 4.22. The van der Waals surface area contributed by atoms with Gasteiger partial charge in [0.1, 0.15) is 29.6 Å². The van der Waals surface area contributed by atoms with Gasteiger partial charge in [-0.1, -0.05) is 36.4 Å². The summed E-state index contributed by atoms with van der Waals surface area (Å²) >= 11 is 0. The highest BCUT2D eigenvalue weighted by atomic mass is 35.5. The zero-order chi connectivity index (χ0) is 23.8. The number of hydrogen-bond acceptors (Lipinski definition) is 6. The van der Waals surface area contributed by atoms with Gasteiger partial charge in [0.15, 0.2) is 0 Å². The lowest BCUT2D eigenvalue weighted by Crippen LogP contribution is -2.47. The van der Waals surface area contributed by atoms with Crippen LogP contribution in [0.4, 0.5) is 5.69 Å². The number of methoxy groups -OCH3 is 3. The van der Waals surface area contributed by atoms with Crippen molar-refractivity contribution in [1.82, 2.24) is 4.90 Å². The van der Waals surface area contributed by atoms with Crippen molar-refractivity contribution in [1.29, 1.82) is 0 Å². The van der Waals surface area contributed by atoms with E-state index in [2.05, 4.69) is 46.2 Å². The molecule has 7 heteroatoms. The predicted octanol–water partition coefficient (Wildman–Crippen LogP) is 5.08. The van der Waals surface area contributed by atoms with Gasteiger partial charge >= 0.3 is 0 Å². The van der Waals surface area contributed by atoms with Crippen LogP contribution in [-0.4, -0.2) is 59.0 Å². The molecule has 0 saturated carbocycles. The molecular formula is C28H35ClN2O4. The van der Waals surface area contributed by atoms with E-state index in [9.17, 15) is 0 Å². The molecule has 1 heterocycles. The highest BCUT2D eigenvalue weighted by Crippen LogP contribution is 2.29. The molecule has 188 valence electrons. The molecule has 0 spiro atoms. The van der Waals surface area contributed by atoms with E-state index in [1.165, 1.54) is 11.3 Å². The van der Waals surface area contributed by atoms with Gasteiger partial charge in [0.25, 0.3) is 0 Å². The molecule has 4 rings (SSSR count). The topological polar surface area (TPSA) is 43.4 Å². The van der Waals surface area contributed by atoms with Crippen LogP contribution in [-0.2, 0) is 13.0 Å². The first-order valence-electron chi connectivity index (χ1n) is 11.7. The summed E-state index contributed by atoms with van der Waals surface area (Å²) in [6.07, 6.45) is 1.04. The van der Waals surface area contributed by atoms with Crippen LogP contribution >= 0.6 is 12.4 Å². The van der Waals surface area contributed by atoms with Gasteiger partial charge in [-0.2, -0.15) is 0 Å². The summed E-state index contributed by atoms with van der Waals surface area (Å²) in [5, 5.41) is 0. The lowest BCUT2D eigenvalue weighted by Gasteiger charge is -2.36. The number of anilines is 1. The van der Waals surface area contributed by atoms with Gasteiger partial charge in [0.05, 0.1) is 27.0 Å². The van der Waals surface area contributed by atoms with Crippen molar-refractivity contribution >= 4 is 18.1 Å². The first-order chi connectivity index (χ1) is 16.7. The van der Waals surface area contributed by atoms with E-state index < -0.39 is 0 Å². The van der Waals surface area contributed by atoms with Gasteiger partial charge < -0.3 is 23.8 Å². The number of halogens is 1. The number of benzene rings is 3. The van der Waals surface area contributed by atoms with Crippen LogP contribution in [0.5, 0.6) is 23.0 Å². The zero-order valence-corrected chi connectivity index (χ0v) is 21.6. The summed E-state index contributed by atoms with van der Waals surface area (Å²) in [6.45, 7) is 5.74. The molecule has 1 aliphatic heterocycles. The number of para-hydroxylation sites is 2. The second kappa shape index (κ2) is 13.1. The normalized spacial score (nSPS) is 13.6. The van der Waals surface area contributed by atoms with Crippen LogP contribution in [0.3, 0.4) is 0 Å². The third-order valence-electron chi connectivity index (χ3n) is 6.27. The van der Waals surface area contributed by atoms with Gasteiger partial charge in [0, 0.05) is 50.9 Å². The molecule has 6 nitrogen and oxygen atoms in total. The fraction of sp³-hybridized carbons (Fsp3) is 0.357. The molecule has 0 atom stereocenters. The van der Waals surface area contributed by atoms with Gasteiger partial charge in [-0.15, -0.1) is 12.4 Å². The molecule has 0 bridgehead atoms. The van der Waals surface area contributed by atoms with E-state index in [0.717, 1.165) is 56.2 Å². The van der Waals surface area contributed by atoms with Crippen molar-refractivity contribution in [2.24, 2.45) is 0 Å². The Bertz CT molecular complexity index is 1030. The molecule has 0 N–H and O–H groups in total. The van der Waals surface area contributed by atoms with Crippen molar-refractivity contribution in [3.05, 3.63) is 77.9 Å². The minimum absolute atomic E-state index is 0. The van der Waals surface area contributed by atoms with Crippen LogP contribution < -0.4 is 23.8 Å². The first kappa shape index (κ1) is 26.5. The Morgan fingerprint density at radius 3 is 1.91 bits per heavy atom. The molecule has 0 aliphatic carbocycles. The number of hydrogen-bond donors (Lipinski definition) is 0. The van der Waals surface area contributed by atoms with Crippen molar-refractivity contribution in [3.8, 4) is 23.0 Å². The molecule has 0 radical (unpaired) electrons. The molecule has 3 aromatic carbocycles. The van der Waals surface area contributed by atoms with E-state index in [1.807, 2.05) is 30.3 Å². The number of rotatable bonds is 10. The summed E-state index contributed by atoms with van der Waals surface area (Å²) in [7, 11) is 5.01. The second-order valence-corrected chi connectivity index (χ2v) is 8.40. The van der Waals surface area contributed by atoms with E-state index in [4.69, 9.17) is 18.9 Å². The van der Waals surface area contributed by atoms with Crippen LogP contribution in [0.1, 0.15) is 11.1 Å². The Hall–Kier alpha value is -3.09. The van der Waals surface area contributed by atoms with Crippen LogP contribution in [0, 0.1) is 0 Å². The van der Waals surface area contributed by atoms with Crippen molar-refractivity contribution < 1.29 is 18.9 Å². The summed E-state index contributed by atoms with van der Waals surface area (Å²) in [5.41, 5.74) is 3.67. The molecule has 3 aromatic rings. The lowest BCUT2D eigenvalue weighted by atomic mass is 10.1. The second-order valence-electron chi connectivity index (χ2n) is 8.40. The predicted molar refractivity (Wildman–Crippen MR) is 143 cm³/mol. The molecule has 1 aliphatic rings. The van der Waals surface area contributed by atoms with Crippen LogP contribution in [0.15, 0.2) is 66.7 Å². The lowest BCUT2D eigenvalue weighted by molar-refractivity contribution is 0.260. The standard InChI is InChI=1S/C28H34N2O4.ClH/c1-31-24-18-25(32-2)20-26(19-24)34-21-23-10-8-22(9-11-23)12-13-29-14-16-30(17-15-29)27-6-4-5-7-28(27)33-3;/h4-11,18-20H,12-17,21H2,1-3H3;1H. The third kappa shape index (κ3) is 7.20. The maximum Gasteiger partial charge on any atom is 0.142 e. The van der Waals surface area contributed by atoms with Gasteiger partial charge in [-0.3, -0.25) is 4.90 Å². The highest BCUT2D eigenvalue weighted by Gasteiger charge is 2.19. The molecule has 0 amide bonds. The third-order valence-corrected chi connectivity index (χ3v) is 6.27. The SMILES string of the molecule is COc1cc(OC)cc(OCc2ccc(CCN3CCN(c4ccccc4OC)CC3)cc2)c1.Cl. The van der Waals surface area contributed by atoms with Crippen molar-refractivity contribution in [3.63, 3.8) is 0 Å². The average Bonchev–Trinajstić information content (AvgIpc) is 2.91. The quantitative estimate of drug-likeness (QED) is 0.388. The number of nitrogens with zero attached hydrogens (tertiary/aromatic N) is 2. The van der Waals surface area contributed by atoms with Gasteiger partial charge in [-0.05, 0) is 29.7 Å². The van der Waals surface area contributed by atoms with E-state index in [-0.39, 0.29) is 12.4 Å². The molecular weight excluding hydrogens is 464 g/mol. The maximum atomic E-state index is 5.95. The smallest absolute Gasteiger partial charge is 0.142 e. The van der Waals surface area contributed by atoms with E-state index >= 15 is 0 Å². The van der Waals surface area contributed by atoms with E-state index in [0.29, 0.717) is 18.1 Å². The van der Waals surface area contributed by atoms with E-state index in [1.54, 1.807) is 21.3 Å². The molecule has 1 fully saturated rings. The summed E-state index contributed by atoms with van der Waals surface area (Å²) < 4.78 is 22.1. The molecule has 0 unspecified atom stereocenters. The fourth-order valence-electron chi connectivity index (χ4n) is 4.22. The summed E-state index contributed by atoms with van der Waals surface area (Å²) in [5.74, 6) is 3.11. The maximum absolute atomic E-state index is 5.95. The largest absolute Gasteiger partial charge is 0.496 e. The van der Waals surface area contributed by atoms with Crippen molar-refractivity contribution in [2.45, 2.75) is 13.0 Å². The van der Waals surface area contributed by atoms with Crippen LogP contribution in [0.2, 0.25) is 0 Å². The van der Waals surface area contributed by atoms with Gasteiger partial charge in [-0.25, -0.2) is 0 Å². The van der Waals surface area contributed by atoms with Gasteiger partial charge in [0.2, 0.25) is 0 Å². The Balaban J connectivity index is 0.00000342. The molecule has 35 heavy (non-hydrogen) atoms. The Morgan fingerprint density at radius 2 is 1.29 bits per heavy atom. The summed E-state index contributed by atoms with van der Waals surface area (Å²) in [4.78, 5) is 4.96. The summed E-state index contributed by atoms with van der Waals surface area (Å²) in [6, 6.07) is 22.5. The molecule has 1 saturated heterocycles. The van der Waals surface area contributed by atoms with Crippen molar-refractivity contribution in [2.75, 3.05) is 59.0 Å². The monoisotopic (exact) mass is 498 g/mol. The highest BCUT2D eigenvalue weighted by molar-refractivity contribution is 5.85. The average molecular weight is 499 g/mol. The minimum atomic E-state index is 0. The number of piperazine rings is 1. The Kier molecular flexibility index (Phi) is 9.94. The minimum Gasteiger partial charge on any atom is -0.496 e. The number of ether oxygens (including phenoxy) is 4. The zero-order valence-electron chi connectivity index (χ0n) is 20.7. The Morgan fingerprint density at radius 1 is 0.686 bits per heavy atom. The first-order valence-corrected chi connectivity index (χ1v) is 11.7. The Labute approximate surface area is 214 Å².